The van der Waals surface area contributed by atoms with E-state index in [0.29, 0.717) is 11.4 Å². The fourth-order valence-electron chi connectivity index (χ4n) is 1.89. The van der Waals surface area contributed by atoms with Crippen molar-refractivity contribution in [2.75, 3.05) is 0 Å². The molecule has 2 heterocycles. The number of benzene rings is 1. The molecule has 0 aliphatic rings. The third-order valence-corrected chi connectivity index (χ3v) is 2.82. The molecule has 0 radical (unpaired) electrons. The van der Waals surface area contributed by atoms with E-state index in [2.05, 4.69) is 15.3 Å². The zero-order valence-corrected chi connectivity index (χ0v) is 10.1. The Labute approximate surface area is 110 Å². The van der Waals surface area contributed by atoms with E-state index in [-0.39, 0.29) is 0 Å². The van der Waals surface area contributed by atoms with Crippen LogP contribution in [0.4, 0.5) is 0 Å². The van der Waals surface area contributed by atoms with Crippen LogP contribution in [0.5, 0.6) is 0 Å². The van der Waals surface area contributed by atoms with Crippen molar-refractivity contribution in [2.45, 2.75) is 6.10 Å². The molecular weight excluding hydrogens is 240 g/mol. The van der Waals surface area contributed by atoms with E-state index in [1.54, 1.807) is 23.1 Å². The molecule has 0 spiro atoms. The summed E-state index contributed by atoms with van der Waals surface area (Å²) in [6, 6.07) is 15.0. The average Bonchev–Trinajstić information content (AvgIpc) is 2.98. The van der Waals surface area contributed by atoms with Gasteiger partial charge in [0.1, 0.15) is 6.10 Å². The van der Waals surface area contributed by atoms with Crippen LogP contribution in [0.1, 0.15) is 17.5 Å². The van der Waals surface area contributed by atoms with Crippen molar-refractivity contribution in [1.82, 2.24) is 20.0 Å². The van der Waals surface area contributed by atoms with Crippen molar-refractivity contribution in [1.29, 1.82) is 0 Å². The molecule has 0 amide bonds. The number of nitrogens with zero attached hydrogens (tertiary/aromatic N) is 4. The Morgan fingerprint density at radius 1 is 1.00 bits per heavy atom. The second kappa shape index (κ2) is 4.99. The zero-order chi connectivity index (χ0) is 13.1. The van der Waals surface area contributed by atoms with Gasteiger partial charge in [-0.1, -0.05) is 29.5 Å². The van der Waals surface area contributed by atoms with Crippen molar-refractivity contribution >= 4 is 0 Å². The zero-order valence-electron chi connectivity index (χ0n) is 10.1. The minimum absolute atomic E-state index is 0.571. The first-order chi connectivity index (χ1) is 9.36. The summed E-state index contributed by atoms with van der Waals surface area (Å²) in [6.45, 7) is 0. The summed E-state index contributed by atoms with van der Waals surface area (Å²) in [7, 11) is 0. The lowest BCUT2D eigenvalue weighted by molar-refractivity contribution is 0.207. The number of pyridine rings is 1. The van der Waals surface area contributed by atoms with E-state index in [1.165, 1.54) is 0 Å². The standard InChI is InChI=1S/C14H12N4O/c19-14(12-8-4-5-9-15-12)13-10-16-17-18(13)11-6-2-1-3-7-11/h1-10,14,19H. The lowest BCUT2D eigenvalue weighted by atomic mass is 10.1. The SMILES string of the molecule is OC(c1ccccn1)c1cnnn1-c1ccccc1. The van der Waals surface area contributed by atoms with Crippen LogP contribution in [0.25, 0.3) is 5.69 Å². The van der Waals surface area contributed by atoms with Crippen molar-refractivity contribution in [3.63, 3.8) is 0 Å². The summed E-state index contributed by atoms with van der Waals surface area (Å²) >= 11 is 0. The van der Waals surface area contributed by atoms with Gasteiger partial charge in [-0.2, -0.15) is 0 Å². The molecule has 1 N–H and O–H groups in total. The number of aliphatic hydroxyl groups excluding tert-OH is 1. The number of rotatable bonds is 3. The monoisotopic (exact) mass is 252 g/mol. The molecule has 3 aromatic rings. The maximum atomic E-state index is 10.4. The molecule has 1 atom stereocenters. The van der Waals surface area contributed by atoms with Gasteiger partial charge in [0.15, 0.2) is 0 Å². The predicted molar refractivity (Wildman–Crippen MR) is 69.7 cm³/mol. The predicted octanol–water partition coefficient (Wildman–Crippen LogP) is 1.74. The molecule has 0 fully saturated rings. The van der Waals surface area contributed by atoms with E-state index >= 15 is 0 Å². The summed E-state index contributed by atoms with van der Waals surface area (Å²) in [4.78, 5) is 4.15. The summed E-state index contributed by atoms with van der Waals surface area (Å²) in [5.74, 6) is 0. The molecule has 5 heteroatoms. The quantitative estimate of drug-likeness (QED) is 0.771. The van der Waals surface area contributed by atoms with Gasteiger partial charge in [0.25, 0.3) is 0 Å². The average molecular weight is 252 g/mol. The lowest BCUT2D eigenvalue weighted by Gasteiger charge is -2.11. The Balaban J connectivity index is 2.01. The molecule has 1 aromatic carbocycles. The number of hydrogen-bond donors (Lipinski definition) is 1. The minimum atomic E-state index is -0.851. The van der Waals surface area contributed by atoms with Crippen LogP contribution < -0.4 is 0 Å². The highest BCUT2D eigenvalue weighted by molar-refractivity contribution is 5.33. The first kappa shape index (κ1) is 11.6. The van der Waals surface area contributed by atoms with Crippen LogP contribution in [-0.2, 0) is 0 Å². The Morgan fingerprint density at radius 2 is 1.79 bits per heavy atom. The van der Waals surface area contributed by atoms with Crippen molar-refractivity contribution in [3.8, 4) is 5.69 Å². The maximum absolute atomic E-state index is 10.4. The molecule has 3 rings (SSSR count). The van der Waals surface area contributed by atoms with E-state index in [1.807, 2.05) is 42.5 Å². The number of aliphatic hydroxyl groups is 1. The number of aromatic nitrogens is 4. The molecule has 19 heavy (non-hydrogen) atoms. The minimum Gasteiger partial charge on any atom is -0.380 e. The highest BCUT2D eigenvalue weighted by atomic mass is 16.3. The molecule has 0 aliphatic heterocycles. The molecule has 0 saturated carbocycles. The summed E-state index contributed by atoms with van der Waals surface area (Å²) < 4.78 is 1.61. The van der Waals surface area contributed by atoms with Crippen LogP contribution in [0.15, 0.2) is 60.9 Å². The van der Waals surface area contributed by atoms with Crippen LogP contribution in [0.2, 0.25) is 0 Å². The highest BCUT2D eigenvalue weighted by Crippen LogP contribution is 2.21. The van der Waals surface area contributed by atoms with Crippen molar-refractivity contribution < 1.29 is 5.11 Å². The van der Waals surface area contributed by atoms with Gasteiger partial charge in [-0.25, -0.2) is 4.68 Å². The topological polar surface area (TPSA) is 63.8 Å². The summed E-state index contributed by atoms with van der Waals surface area (Å²) in [5, 5.41) is 18.2. The van der Waals surface area contributed by atoms with Crippen LogP contribution in [-0.4, -0.2) is 25.1 Å². The Hall–Kier alpha value is -2.53. The smallest absolute Gasteiger partial charge is 0.140 e. The highest BCUT2D eigenvalue weighted by Gasteiger charge is 2.18. The van der Waals surface area contributed by atoms with Crippen molar-refractivity contribution in [2.24, 2.45) is 0 Å². The van der Waals surface area contributed by atoms with E-state index in [4.69, 9.17) is 0 Å². The normalized spacial score (nSPS) is 12.3. The van der Waals surface area contributed by atoms with Crippen LogP contribution >= 0.6 is 0 Å². The van der Waals surface area contributed by atoms with Gasteiger partial charge in [-0.05, 0) is 24.3 Å². The third kappa shape index (κ3) is 2.23. The fraction of sp³-hybridized carbons (Fsp3) is 0.0714. The summed E-state index contributed by atoms with van der Waals surface area (Å²) in [6.07, 6.45) is 2.35. The first-order valence-corrected chi connectivity index (χ1v) is 5.91. The molecule has 0 saturated heterocycles. The fourth-order valence-corrected chi connectivity index (χ4v) is 1.89. The molecule has 5 nitrogen and oxygen atoms in total. The first-order valence-electron chi connectivity index (χ1n) is 5.91. The Morgan fingerprint density at radius 3 is 2.53 bits per heavy atom. The molecule has 0 bridgehead atoms. The number of hydrogen-bond acceptors (Lipinski definition) is 4. The van der Waals surface area contributed by atoms with Gasteiger partial charge in [0, 0.05) is 6.20 Å². The van der Waals surface area contributed by atoms with Crippen LogP contribution in [0.3, 0.4) is 0 Å². The Kier molecular flexibility index (Phi) is 3.04. The molecule has 2 aromatic heterocycles. The second-order valence-corrected chi connectivity index (χ2v) is 4.06. The van der Waals surface area contributed by atoms with Gasteiger partial charge in [0.05, 0.1) is 23.3 Å². The van der Waals surface area contributed by atoms with Crippen molar-refractivity contribution in [3.05, 3.63) is 72.3 Å². The van der Waals surface area contributed by atoms with E-state index < -0.39 is 6.10 Å². The van der Waals surface area contributed by atoms with Crippen LogP contribution in [0, 0.1) is 0 Å². The Bertz CT molecular complexity index is 651. The molecule has 0 aliphatic carbocycles. The lowest BCUT2D eigenvalue weighted by Crippen LogP contribution is -2.09. The second-order valence-electron chi connectivity index (χ2n) is 4.06. The summed E-state index contributed by atoms with van der Waals surface area (Å²) in [5.41, 5.74) is 2.01. The maximum Gasteiger partial charge on any atom is 0.140 e. The van der Waals surface area contributed by atoms with Gasteiger partial charge < -0.3 is 5.11 Å². The van der Waals surface area contributed by atoms with Gasteiger partial charge >= 0.3 is 0 Å². The largest absolute Gasteiger partial charge is 0.380 e. The van der Waals surface area contributed by atoms with E-state index in [9.17, 15) is 5.11 Å². The molecule has 1 unspecified atom stereocenters. The van der Waals surface area contributed by atoms with E-state index in [0.717, 1.165) is 5.69 Å². The van der Waals surface area contributed by atoms with Gasteiger partial charge in [-0.3, -0.25) is 4.98 Å². The molecule has 94 valence electrons. The number of para-hydroxylation sites is 1. The van der Waals surface area contributed by atoms with Gasteiger partial charge in [-0.15, -0.1) is 5.10 Å². The molecular formula is C14H12N4O. The van der Waals surface area contributed by atoms with Gasteiger partial charge in [0.2, 0.25) is 0 Å². The third-order valence-electron chi connectivity index (χ3n) is 2.82.